The van der Waals surface area contributed by atoms with E-state index >= 15 is 0 Å². The molecule has 4 rings (SSSR count). The second-order valence-electron chi connectivity index (χ2n) is 7.66. The molecule has 1 aromatic heterocycles. The largest absolute Gasteiger partial charge is 0.338 e. The first-order valence-corrected chi connectivity index (χ1v) is 11.4. The summed E-state index contributed by atoms with van der Waals surface area (Å²) in [5.74, 6) is -0.109. The van der Waals surface area contributed by atoms with Gasteiger partial charge in [-0.2, -0.15) is 0 Å². The van der Waals surface area contributed by atoms with Gasteiger partial charge in [0.25, 0.3) is 5.91 Å². The van der Waals surface area contributed by atoms with E-state index in [0.717, 1.165) is 38.5 Å². The van der Waals surface area contributed by atoms with E-state index in [1.165, 1.54) is 6.07 Å². The van der Waals surface area contributed by atoms with Crippen molar-refractivity contribution in [3.63, 3.8) is 0 Å². The Morgan fingerprint density at radius 3 is 2.54 bits per heavy atom. The van der Waals surface area contributed by atoms with Gasteiger partial charge in [-0.25, -0.2) is 18.1 Å². The van der Waals surface area contributed by atoms with Crippen molar-refractivity contribution >= 4 is 15.9 Å². The number of hydrogen-bond acceptors (Lipinski definition) is 4. The average molecular weight is 403 g/mol. The van der Waals surface area contributed by atoms with Gasteiger partial charge >= 0.3 is 0 Å². The SMILES string of the molecule is O=C(c1cccc(S(=O)(=O)NC2CCCC2)c1)N1CCC(n2ccnc2)CC1. The van der Waals surface area contributed by atoms with Gasteiger partial charge in [-0.05, 0) is 43.9 Å². The average Bonchev–Trinajstić information content (AvgIpc) is 3.41. The molecule has 150 valence electrons. The van der Waals surface area contributed by atoms with Crippen LogP contribution in [0, 0.1) is 0 Å². The molecule has 8 heteroatoms. The highest BCUT2D eigenvalue weighted by Crippen LogP contribution is 2.24. The topological polar surface area (TPSA) is 84.3 Å². The summed E-state index contributed by atoms with van der Waals surface area (Å²) >= 11 is 0. The number of aromatic nitrogens is 2. The van der Waals surface area contributed by atoms with Gasteiger partial charge in [-0.3, -0.25) is 4.79 Å². The lowest BCUT2D eigenvalue weighted by Gasteiger charge is -2.32. The lowest BCUT2D eigenvalue weighted by Crippen LogP contribution is -2.39. The maximum atomic E-state index is 12.9. The van der Waals surface area contributed by atoms with E-state index in [2.05, 4.69) is 14.3 Å². The molecular formula is C20H26N4O3S. The minimum atomic E-state index is -3.60. The smallest absolute Gasteiger partial charge is 0.253 e. The number of carbonyl (C=O) groups is 1. The third-order valence-corrected chi connectivity index (χ3v) is 7.28. The Bertz CT molecular complexity index is 913. The Balaban J connectivity index is 1.43. The predicted molar refractivity (Wildman–Crippen MR) is 105 cm³/mol. The quantitative estimate of drug-likeness (QED) is 0.833. The molecule has 2 fully saturated rings. The Hall–Kier alpha value is -2.19. The van der Waals surface area contributed by atoms with E-state index < -0.39 is 10.0 Å². The minimum absolute atomic E-state index is 0.00608. The number of amides is 1. The monoisotopic (exact) mass is 402 g/mol. The molecule has 28 heavy (non-hydrogen) atoms. The van der Waals surface area contributed by atoms with Gasteiger partial charge in [-0.15, -0.1) is 0 Å². The van der Waals surface area contributed by atoms with E-state index in [0.29, 0.717) is 24.7 Å². The van der Waals surface area contributed by atoms with Crippen molar-refractivity contribution < 1.29 is 13.2 Å². The van der Waals surface area contributed by atoms with Crippen LogP contribution in [0.15, 0.2) is 47.9 Å². The Kier molecular flexibility index (Phi) is 5.50. The maximum absolute atomic E-state index is 12.9. The number of piperidine rings is 1. The number of likely N-dealkylation sites (tertiary alicyclic amines) is 1. The van der Waals surface area contributed by atoms with Gasteiger partial charge in [0.05, 0.1) is 11.2 Å². The number of carbonyl (C=O) groups excluding carboxylic acids is 1. The summed E-state index contributed by atoms with van der Waals surface area (Å²) in [6.45, 7) is 1.30. The Morgan fingerprint density at radius 1 is 1.11 bits per heavy atom. The predicted octanol–water partition coefficient (Wildman–Crippen LogP) is 2.58. The van der Waals surface area contributed by atoms with Crippen molar-refractivity contribution in [1.82, 2.24) is 19.2 Å². The number of sulfonamides is 1. The molecule has 0 bridgehead atoms. The molecule has 2 heterocycles. The van der Waals surface area contributed by atoms with Crippen molar-refractivity contribution in [2.24, 2.45) is 0 Å². The standard InChI is InChI=1S/C20H26N4O3S/c25-20(23-11-8-18(9-12-23)24-13-10-21-15-24)16-4-3-7-19(14-16)28(26,27)22-17-5-1-2-6-17/h3-4,7,10,13-15,17-18,22H,1-2,5-6,8-9,11-12H2. The van der Waals surface area contributed by atoms with Crippen LogP contribution >= 0.6 is 0 Å². The van der Waals surface area contributed by atoms with Gasteiger partial charge in [0, 0.05) is 43.1 Å². The number of hydrogen-bond donors (Lipinski definition) is 1. The summed E-state index contributed by atoms with van der Waals surface area (Å²) in [5.41, 5.74) is 0.426. The van der Waals surface area contributed by atoms with Crippen LogP contribution in [0.3, 0.4) is 0 Å². The fourth-order valence-corrected chi connectivity index (χ4v) is 5.51. The molecule has 0 atom stereocenters. The molecule has 7 nitrogen and oxygen atoms in total. The fraction of sp³-hybridized carbons (Fsp3) is 0.500. The van der Waals surface area contributed by atoms with Crippen LogP contribution < -0.4 is 4.72 Å². The minimum Gasteiger partial charge on any atom is -0.338 e. The van der Waals surface area contributed by atoms with Crippen LogP contribution in [0.1, 0.15) is 54.9 Å². The highest BCUT2D eigenvalue weighted by atomic mass is 32.2. The molecule has 1 saturated heterocycles. The molecule has 1 N–H and O–H groups in total. The summed E-state index contributed by atoms with van der Waals surface area (Å²) in [4.78, 5) is 19.0. The van der Waals surface area contributed by atoms with Crippen LogP contribution in [0.2, 0.25) is 0 Å². The first-order valence-electron chi connectivity index (χ1n) is 9.92. The molecule has 1 saturated carbocycles. The highest BCUT2D eigenvalue weighted by molar-refractivity contribution is 7.89. The zero-order valence-corrected chi connectivity index (χ0v) is 16.6. The van der Waals surface area contributed by atoms with Crippen LogP contribution in [0.25, 0.3) is 0 Å². The second kappa shape index (κ2) is 8.05. The zero-order valence-electron chi connectivity index (χ0n) is 15.8. The molecule has 0 radical (unpaired) electrons. The molecule has 1 aliphatic carbocycles. The van der Waals surface area contributed by atoms with Gasteiger partial charge in [-0.1, -0.05) is 18.9 Å². The molecule has 0 unspecified atom stereocenters. The first kappa shape index (κ1) is 19.1. The van der Waals surface area contributed by atoms with Crippen LogP contribution in [0.5, 0.6) is 0 Å². The summed E-state index contributed by atoms with van der Waals surface area (Å²) < 4.78 is 30.2. The van der Waals surface area contributed by atoms with E-state index in [9.17, 15) is 13.2 Å². The van der Waals surface area contributed by atoms with Crippen molar-refractivity contribution in [2.45, 2.75) is 55.5 Å². The maximum Gasteiger partial charge on any atom is 0.253 e. The third kappa shape index (κ3) is 4.12. The molecule has 1 aromatic carbocycles. The fourth-order valence-electron chi connectivity index (χ4n) is 4.16. The van der Waals surface area contributed by atoms with Crippen LogP contribution in [0.4, 0.5) is 0 Å². The number of benzene rings is 1. The van der Waals surface area contributed by atoms with Crippen molar-refractivity contribution in [2.75, 3.05) is 13.1 Å². The zero-order chi connectivity index (χ0) is 19.6. The van der Waals surface area contributed by atoms with Gasteiger partial charge in [0.15, 0.2) is 0 Å². The van der Waals surface area contributed by atoms with Gasteiger partial charge in [0.1, 0.15) is 0 Å². The van der Waals surface area contributed by atoms with E-state index in [1.807, 2.05) is 17.4 Å². The van der Waals surface area contributed by atoms with E-state index in [-0.39, 0.29) is 16.8 Å². The molecule has 2 aliphatic rings. The molecule has 2 aromatic rings. The normalized spacial score (nSPS) is 19.2. The Labute approximate surface area is 165 Å². The van der Waals surface area contributed by atoms with Crippen molar-refractivity contribution in [3.8, 4) is 0 Å². The lowest BCUT2D eigenvalue weighted by molar-refractivity contribution is 0.0694. The van der Waals surface area contributed by atoms with Crippen LogP contribution in [-0.4, -0.2) is 47.9 Å². The number of nitrogens with one attached hydrogen (secondary N) is 1. The van der Waals surface area contributed by atoms with Gasteiger partial charge in [0.2, 0.25) is 10.0 Å². The molecule has 0 spiro atoms. The van der Waals surface area contributed by atoms with E-state index in [4.69, 9.17) is 0 Å². The number of rotatable bonds is 5. The summed E-state index contributed by atoms with van der Waals surface area (Å²) in [6, 6.07) is 6.76. The highest BCUT2D eigenvalue weighted by Gasteiger charge is 2.26. The summed E-state index contributed by atoms with van der Waals surface area (Å²) in [6.07, 6.45) is 11.1. The molecule has 1 amide bonds. The second-order valence-corrected chi connectivity index (χ2v) is 9.38. The number of nitrogens with zero attached hydrogens (tertiary/aromatic N) is 3. The molecule has 1 aliphatic heterocycles. The Morgan fingerprint density at radius 2 is 1.86 bits per heavy atom. The van der Waals surface area contributed by atoms with Crippen molar-refractivity contribution in [3.05, 3.63) is 48.5 Å². The molecular weight excluding hydrogens is 376 g/mol. The first-order chi connectivity index (χ1) is 13.5. The van der Waals surface area contributed by atoms with Crippen LogP contribution in [-0.2, 0) is 10.0 Å². The van der Waals surface area contributed by atoms with Crippen molar-refractivity contribution in [1.29, 1.82) is 0 Å². The summed E-state index contributed by atoms with van der Waals surface area (Å²) in [7, 11) is -3.60. The third-order valence-electron chi connectivity index (χ3n) is 5.77. The van der Waals surface area contributed by atoms with Gasteiger partial charge < -0.3 is 9.47 Å². The number of imidazole rings is 1. The van der Waals surface area contributed by atoms with E-state index in [1.54, 1.807) is 24.4 Å². The summed E-state index contributed by atoms with van der Waals surface area (Å²) in [5, 5.41) is 0. The lowest BCUT2D eigenvalue weighted by atomic mass is 10.0.